The number of nitrogens with one attached hydrogen (secondary N) is 1. The van der Waals surface area contributed by atoms with Gasteiger partial charge in [0.2, 0.25) is 0 Å². The summed E-state index contributed by atoms with van der Waals surface area (Å²) in [5, 5.41) is 4.52. The summed E-state index contributed by atoms with van der Waals surface area (Å²) in [5.41, 5.74) is 1.22. The number of benzene rings is 1. The first-order valence-corrected chi connectivity index (χ1v) is 8.63. The Bertz CT molecular complexity index is 848. The van der Waals surface area contributed by atoms with Gasteiger partial charge in [-0.2, -0.15) is 0 Å². The van der Waals surface area contributed by atoms with Crippen LogP contribution in [-0.2, 0) is 17.8 Å². The molecule has 2 rings (SSSR count). The molecule has 142 valence electrons. The van der Waals surface area contributed by atoms with Crippen LogP contribution in [0.4, 0.5) is 0 Å². The molecule has 1 aromatic carbocycles. The first kappa shape index (κ1) is 20.3. The molecule has 0 fully saturated rings. The van der Waals surface area contributed by atoms with E-state index in [0.717, 1.165) is 5.39 Å². The first-order chi connectivity index (χ1) is 12.4. The van der Waals surface area contributed by atoms with E-state index in [2.05, 4.69) is 11.9 Å². The van der Waals surface area contributed by atoms with Crippen molar-refractivity contribution in [2.45, 2.75) is 26.1 Å². The summed E-state index contributed by atoms with van der Waals surface area (Å²) in [7, 11) is 4.78. The van der Waals surface area contributed by atoms with Gasteiger partial charge in [-0.25, -0.2) is 0 Å². The van der Waals surface area contributed by atoms with Gasteiger partial charge >= 0.3 is 0 Å². The molecule has 0 spiro atoms. The standard InChI is InChI=1S/C19H25ClN2O4/c1-12(20)10-22-16-8-18(26-5)17(25-4)7-14(16)6-15(19(22)23)9-21-13(2)11-24-3/h6-8,13,21H,1,9-11H2,2-5H3/t13-/m0/s1. The highest BCUT2D eigenvalue weighted by atomic mass is 35.5. The Hall–Kier alpha value is -2.02. The van der Waals surface area contributed by atoms with Crippen LogP contribution in [0.25, 0.3) is 10.9 Å². The largest absolute Gasteiger partial charge is 0.493 e. The third-order valence-corrected chi connectivity index (χ3v) is 4.18. The second-order valence-electron chi connectivity index (χ2n) is 6.08. The molecule has 7 heteroatoms. The molecule has 1 heterocycles. The first-order valence-electron chi connectivity index (χ1n) is 8.25. The Kier molecular flexibility index (Phi) is 7.08. The van der Waals surface area contributed by atoms with E-state index >= 15 is 0 Å². The van der Waals surface area contributed by atoms with Gasteiger partial charge in [0, 0.05) is 41.7 Å². The van der Waals surface area contributed by atoms with Gasteiger partial charge in [0.25, 0.3) is 5.56 Å². The van der Waals surface area contributed by atoms with Gasteiger partial charge in [-0.1, -0.05) is 18.2 Å². The minimum atomic E-state index is -0.122. The third kappa shape index (κ3) is 4.58. The predicted molar refractivity (Wildman–Crippen MR) is 104 cm³/mol. The quantitative estimate of drug-likeness (QED) is 0.724. The van der Waals surface area contributed by atoms with Gasteiger partial charge in [-0.15, -0.1) is 0 Å². The summed E-state index contributed by atoms with van der Waals surface area (Å²) >= 11 is 6.00. The fourth-order valence-corrected chi connectivity index (χ4v) is 2.93. The molecule has 0 bridgehead atoms. The van der Waals surface area contributed by atoms with Crippen molar-refractivity contribution in [2.24, 2.45) is 0 Å². The predicted octanol–water partition coefficient (Wildman–Crippen LogP) is 2.90. The number of hydrogen-bond donors (Lipinski definition) is 1. The number of halogens is 1. The zero-order valence-corrected chi connectivity index (χ0v) is 16.4. The van der Waals surface area contributed by atoms with Crippen LogP contribution in [0.15, 0.2) is 34.6 Å². The van der Waals surface area contributed by atoms with Gasteiger partial charge in [0.1, 0.15) is 0 Å². The van der Waals surface area contributed by atoms with Crippen molar-refractivity contribution in [1.82, 2.24) is 9.88 Å². The van der Waals surface area contributed by atoms with Crippen molar-refractivity contribution in [1.29, 1.82) is 0 Å². The molecule has 0 aliphatic heterocycles. The molecule has 0 amide bonds. The maximum absolute atomic E-state index is 13.0. The normalized spacial score (nSPS) is 12.2. The van der Waals surface area contributed by atoms with Crippen LogP contribution in [0.1, 0.15) is 12.5 Å². The van der Waals surface area contributed by atoms with E-state index in [4.69, 9.17) is 25.8 Å². The summed E-state index contributed by atoms with van der Waals surface area (Å²) in [5.74, 6) is 1.15. The van der Waals surface area contributed by atoms with Crippen molar-refractivity contribution in [3.63, 3.8) is 0 Å². The van der Waals surface area contributed by atoms with Gasteiger partial charge < -0.3 is 24.1 Å². The van der Waals surface area contributed by atoms with Crippen molar-refractivity contribution in [3.8, 4) is 11.5 Å². The lowest BCUT2D eigenvalue weighted by Crippen LogP contribution is -2.33. The number of fused-ring (bicyclic) bond motifs is 1. The third-order valence-electron chi connectivity index (χ3n) is 4.06. The zero-order chi connectivity index (χ0) is 19.3. The van der Waals surface area contributed by atoms with Crippen molar-refractivity contribution < 1.29 is 14.2 Å². The van der Waals surface area contributed by atoms with Crippen molar-refractivity contribution in [3.05, 3.63) is 45.7 Å². The maximum atomic E-state index is 13.0. The molecular formula is C19H25ClN2O4. The molecule has 26 heavy (non-hydrogen) atoms. The summed E-state index contributed by atoms with van der Waals surface area (Å²) in [6, 6.07) is 5.61. The maximum Gasteiger partial charge on any atom is 0.255 e. The van der Waals surface area contributed by atoms with Crippen LogP contribution in [0, 0.1) is 0 Å². The molecule has 0 aliphatic carbocycles. The van der Waals surface area contributed by atoms with E-state index in [1.165, 1.54) is 0 Å². The molecule has 0 radical (unpaired) electrons. The zero-order valence-electron chi connectivity index (χ0n) is 15.6. The fraction of sp³-hybridized carbons (Fsp3) is 0.421. The Labute approximate surface area is 158 Å². The second-order valence-corrected chi connectivity index (χ2v) is 6.62. The lowest BCUT2D eigenvalue weighted by atomic mass is 10.1. The fourth-order valence-electron chi connectivity index (χ4n) is 2.81. The Morgan fingerprint density at radius 3 is 2.46 bits per heavy atom. The molecule has 2 aromatic rings. The average Bonchev–Trinajstić information content (AvgIpc) is 2.61. The van der Waals surface area contributed by atoms with Crippen LogP contribution >= 0.6 is 11.6 Å². The van der Waals surface area contributed by atoms with E-state index in [0.29, 0.717) is 40.8 Å². The van der Waals surface area contributed by atoms with Crippen molar-refractivity contribution in [2.75, 3.05) is 27.9 Å². The summed E-state index contributed by atoms with van der Waals surface area (Å²) in [6.45, 7) is 6.91. The lowest BCUT2D eigenvalue weighted by Gasteiger charge is -2.17. The van der Waals surface area contributed by atoms with Crippen LogP contribution in [0.2, 0.25) is 0 Å². The molecule has 0 unspecified atom stereocenters. The SMILES string of the molecule is C=C(Cl)Cn1c(=O)c(CN[C@@H](C)COC)cc2cc(OC)c(OC)cc21. The van der Waals surface area contributed by atoms with Crippen molar-refractivity contribution >= 4 is 22.5 Å². The Morgan fingerprint density at radius 2 is 1.88 bits per heavy atom. The van der Waals surface area contributed by atoms with E-state index < -0.39 is 0 Å². The number of nitrogens with zero attached hydrogens (tertiary/aromatic N) is 1. The van der Waals surface area contributed by atoms with Gasteiger partial charge in [-0.05, 0) is 19.1 Å². The van der Waals surface area contributed by atoms with Crippen LogP contribution in [0.5, 0.6) is 11.5 Å². The molecule has 1 N–H and O–H groups in total. The van der Waals surface area contributed by atoms with Gasteiger partial charge in [-0.3, -0.25) is 4.79 Å². The lowest BCUT2D eigenvalue weighted by molar-refractivity contribution is 0.171. The molecule has 1 atom stereocenters. The Morgan fingerprint density at radius 1 is 1.23 bits per heavy atom. The molecule has 1 aromatic heterocycles. The average molecular weight is 381 g/mol. The molecular weight excluding hydrogens is 356 g/mol. The number of pyridine rings is 1. The van der Waals surface area contributed by atoms with Crippen LogP contribution in [0.3, 0.4) is 0 Å². The number of ether oxygens (including phenoxy) is 3. The van der Waals surface area contributed by atoms with E-state index in [9.17, 15) is 4.79 Å². The minimum absolute atomic E-state index is 0.122. The van der Waals surface area contributed by atoms with Gasteiger partial charge in [0.05, 0.1) is 32.9 Å². The number of aromatic nitrogens is 1. The highest BCUT2D eigenvalue weighted by molar-refractivity contribution is 6.29. The summed E-state index contributed by atoms with van der Waals surface area (Å²) in [6.07, 6.45) is 0. The molecule has 0 saturated carbocycles. The van der Waals surface area contributed by atoms with E-state index in [1.54, 1.807) is 32.0 Å². The minimum Gasteiger partial charge on any atom is -0.493 e. The summed E-state index contributed by atoms with van der Waals surface area (Å²) in [4.78, 5) is 13.0. The van der Waals surface area contributed by atoms with Crippen LogP contribution < -0.4 is 20.3 Å². The highest BCUT2D eigenvalue weighted by Crippen LogP contribution is 2.32. The monoisotopic (exact) mass is 380 g/mol. The summed E-state index contributed by atoms with van der Waals surface area (Å²) < 4.78 is 17.5. The number of rotatable bonds is 9. The molecule has 0 saturated heterocycles. The van der Waals surface area contributed by atoms with E-state index in [-0.39, 0.29) is 18.1 Å². The van der Waals surface area contributed by atoms with Crippen LogP contribution in [-0.4, -0.2) is 38.5 Å². The molecule has 0 aliphatic rings. The number of allylic oxidation sites excluding steroid dienone is 1. The number of methoxy groups -OCH3 is 3. The second kappa shape index (κ2) is 9.07. The topological polar surface area (TPSA) is 61.7 Å². The van der Waals surface area contributed by atoms with Gasteiger partial charge in [0.15, 0.2) is 11.5 Å². The molecule has 6 nitrogen and oxygen atoms in total. The Balaban J connectivity index is 2.58. The highest BCUT2D eigenvalue weighted by Gasteiger charge is 2.14. The smallest absolute Gasteiger partial charge is 0.255 e. The van der Waals surface area contributed by atoms with E-state index in [1.807, 2.05) is 19.1 Å². The number of hydrogen-bond acceptors (Lipinski definition) is 5.